The SMILES string of the molecule is CC(C)Oc1ccc(CNC(=O)NCC(C(C)C)N2CCOCC2)cn1. The zero-order valence-corrected chi connectivity index (χ0v) is 16.3. The van der Waals surface area contributed by atoms with Crippen molar-refractivity contribution >= 4 is 6.03 Å². The zero-order valence-electron chi connectivity index (χ0n) is 16.3. The number of carbonyl (C=O) groups is 1. The number of hydrogen-bond donors (Lipinski definition) is 2. The predicted molar refractivity (Wildman–Crippen MR) is 101 cm³/mol. The van der Waals surface area contributed by atoms with Gasteiger partial charge >= 0.3 is 6.03 Å². The molecule has 0 spiro atoms. The molecule has 0 radical (unpaired) electrons. The van der Waals surface area contributed by atoms with Crippen molar-refractivity contribution in [2.75, 3.05) is 32.8 Å². The largest absolute Gasteiger partial charge is 0.475 e. The second kappa shape index (κ2) is 10.3. The molecule has 146 valence electrons. The van der Waals surface area contributed by atoms with Crippen LogP contribution < -0.4 is 15.4 Å². The first-order chi connectivity index (χ1) is 12.5. The average molecular weight is 364 g/mol. The molecule has 0 saturated carbocycles. The molecule has 0 aliphatic carbocycles. The third kappa shape index (κ3) is 6.80. The minimum atomic E-state index is -0.161. The molecule has 1 unspecified atom stereocenters. The molecule has 1 aromatic heterocycles. The molecule has 2 N–H and O–H groups in total. The van der Waals surface area contributed by atoms with E-state index in [0.29, 0.717) is 30.9 Å². The lowest BCUT2D eigenvalue weighted by Gasteiger charge is -2.36. The number of amides is 2. The lowest BCUT2D eigenvalue weighted by molar-refractivity contribution is 0.00719. The van der Waals surface area contributed by atoms with Crippen LogP contribution in [0.15, 0.2) is 18.3 Å². The molecule has 26 heavy (non-hydrogen) atoms. The molecule has 2 amide bonds. The first-order valence-electron chi connectivity index (χ1n) is 9.40. The fourth-order valence-electron chi connectivity index (χ4n) is 2.96. The number of carbonyl (C=O) groups excluding carboxylic acids is 1. The summed E-state index contributed by atoms with van der Waals surface area (Å²) < 4.78 is 10.9. The summed E-state index contributed by atoms with van der Waals surface area (Å²) >= 11 is 0. The van der Waals surface area contributed by atoms with Gasteiger partial charge in [0.1, 0.15) is 0 Å². The second-order valence-electron chi connectivity index (χ2n) is 7.19. The third-order valence-corrected chi connectivity index (χ3v) is 4.36. The van der Waals surface area contributed by atoms with E-state index in [0.717, 1.165) is 31.9 Å². The van der Waals surface area contributed by atoms with Gasteiger partial charge in [-0.05, 0) is 25.3 Å². The molecule has 0 bridgehead atoms. The Kier molecular flexibility index (Phi) is 8.12. The van der Waals surface area contributed by atoms with E-state index in [1.807, 2.05) is 26.0 Å². The number of nitrogens with zero attached hydrogens (tertiary/aromatic N) is 2. The summed E-state index contributed by atoms with van der Waals surface area (Å²) in [7, 11) is 0. The van der Waals surface area contributed by atoms with Crippen molar-refractivity contribution in [3.8, 4) is 5.88 Å². The molecule has 2 rings (SSSR count). The van der Waals surface area contributed by atoms with Crippen LogP contribution in [0.4, 0.5) is 4.79 Å². The van der Waals surface area contributed by atoms with Crippen LogP contribution in [0.5, 0.6) is 5.88 Å². The highest BCUT2D eigenvalue weighted by Gasteiger charge is 2.24. The van der Waals surface area contributed by atoms with Gasteiger partial charge in [-0.15, -0.1) is 0 Å². The molecule has 1 fully saturated rings. The molecular weight excluding hydrogens is 332 g/mol. The van der Waals surface area contributed by atoms with E-state index in [1.54, 1.807) is 6.20 Å². The maximum Gasteiger partial charge on any atom is 0.315 e. The number of morpholine rings is 1. The van der Waals surface area contributed by atoms with Gasteiger partial charge in [0.05, 0.1) is 19.3 Å². The number of rotatable bonds is 8. The van der Waals surface area contributed by atoms with Gasteiger partial charge in [0, 0.05) is 44.5 Å². The Bertz CT molecular complexity index is 542. The van der Waals surface area contributed by atoms with Crippen LogP contribution in [0.2, 0.25) is 0 Å². The quantitative estimate of drug-likeness (QED) is 0.738. The standard InChI is InChI=1S/C19H32N4O3/c1-14(2)17(23-7-9-25-10-8-23)13-22-19(24)21-12-16-5-6-18(20-11-16)26-15(3)4/h5-6,11,14-15,17H,7-10,12-13H2,1-4H3,(H2,21,22,24). The van der Waals surface area contributed by atoms with Gasteiger partial charge < -0.3 is 20.1 Å². The van der Waals surface area contributed by atoms with Gasteiger partial charge in [-0.1, -0.05) is 19.9 Å². The third-order valence-electron chi connectivity index (χ3n) is 4.36. The summed E-state index contributed by atoms with van der Waals surface area (Å²) in [6.45, 7) is 12.7. The lowest BCUT2D eigenvalue weighted by atomic mass is 10.0. The van der Waals surface area contributed by atoms with E-state index in [4.69, 9.17) is 9.47 Å². The van der Waals surface area contributed by atoms with Crippen molar-refractivity contribution in [2.24, 2.45) is 5.92 Å². The Labute approximate surface area is 156 Å². The molecule has 1 aromatic rings. The van der Waals surface area contributed by atoms with Crippen molar-refractivity contribution < 1.29 is 14.3 Å². The first-order valence-corrected chi connectivity index (χ1v) is 9.40. The molecule has 7 nitrogen and oxygen atoms in total. The smallest absolute Gasteiger partial charge is 0.315 e. The maximum atomic E-state index is 12.1. The Balaban J connectivity index is 1.75. The van der Waals surface area contributed by atoms with Crippen LogP contribution >= 0.6 is 0 Å². The van der Waals surface area contributed by atoms with E-state index in [-0.39, 0.29) is 12.1 Å². The number of pyridine rings is 1. The number of aromatic nitrogens is 1. The Morgan fingerprint density at radius 2 is 1.96 bits per heavy atom. The van der Waals surface area contributed by atoms with E-state index >= 15 is 0 Å². The molecule has 0 aromatic carbocycles. The zero-order chi connectivity index (χ0) is 18.9. The summed E-state index contributed by atoms with van der Waals surface area (Å²) in [6.07, 6.45) is 1.82. The van der Waals surface area contributed by atoms with Crippen molar-refractivity contribution in [1.29, 1.82) is 0 Å². The van der Waals surface area contributed by atoms with E-state index < -0.39 is 0 Å². The minimum Gasteiger partial charge on any atom is -0.475 e. The van der Waals surface area contributed by atoms with Crippen LogP contribution in [0.1, 0.15) is 33.3 Å². The van der Waals surface area contributed by atoms with Gasteiger partial charge in [0.2, 0.25) is 5.88 Å². The molecule has 2 heterocycles. The summed E-state index contributed by atoms with van der Waals surface area (Å²) in [6, 6.07) is 3.89. The fourth-order valence-corrected chi connectivity index (χ4v) is 2.96. The van der Waals surface area contributed by atoms with Gasteiger partial charge in [0.15, 0.2) is 0 Å². The summed E-state index contributed by atoms with van der Waals surface area (Å²) in [5.41, 5.74) is 0.935. The average Bonchev–Trinajstić information content (AvgIpc) is 2.61. The Morgan fingerprint density at radius 3 is 2.54 bits per heavy atom. The number of hydrogen-bond acceptors (Lipinski definition) is 5. The Morgan fingerprint density at radius 1 is 1.23 bits per heavy atom. The highest BCUT2D eigenvalue weighted by atomic mass is 16.5. The van der Waals surface area contributed by atoms with Crippen molar-refractivity contribution in [3.63, 3.8) is 0 Å². The van der Waals surface area contributed by atoms with E-state index in [2.05, 4.69) is 34.4 Å². The first kappa shape index (κ1) is 20.5. The second-order valence-corrected chi connectivity index (χ2v) is 7.19. The summed E-state index contributed by atoms with van der Waals surface area (Å²) in [5, 5.41) is 5.87. The van der Waals surface area contributed by atoms with Crippen LogP contribution in [-0.2, 0) is 11.3 Å². The summed E-state index contributed by atoms with van der Waals surface area (Å²) in [5.74, 6) is 1.06. The van der Waals surface area contributed by atoms with E-state index in [1.165, 1.54) is 0 Å². The molecular formula is C19H32N4O3. The predicted octanol–water partition coefficient (Wildman–Crippen LogP) is 2.02. The number of ether oxygens (including phenoxy) is 2. The normalized spacial score (nSPS) is 16.5. The van der Waals surface area contributed by atoms with Crippen molar-refractivity contribution in [3.05, 3.63) is 23.9 Å². The highest BCUT2D eigenvalue weighted by Crippen LogP contribution is 2.12. The lowest BCUT2D eigenvalue weighted by Crippen LogP contribution is -2.52. The minimum absolute atomic E-state index is 0.0950. The molecule has 1 aliphatic rings. The van der Waals surface area contributed by atoms with Crippen LogP contribution in [0.25, 0.3) is 0 Å². The van der Waals surface area contributed by atoms with Crippen LogP contribution in [0, 0.1) is 5.92 Å². The molecule has 1 saturated heterocycles. The molecule has 7 heteroatoms. The van der Waals surface area contributed by atoms with Gasteiger partial charge in [-0.25, -0.2) is 9.78 Å². The van der Waals surface area contributed by atoms with Crippen LogP contribution in [0.3, 0.4) is 0 Å². The monoisotopic (exact) mass is 364 g/mol. The topological polar surface area (TPSA) is 75.7 Å². The van der Waals surface area contributed by atoms with Gasteiger partial charge in [0.25, 0.3) is 0 Å². The fraction of sp³-hybridized carbons (Fsp3) is 0.684. The Hall–Kier alpha value is -1.86. The van der Waals surface area contributed by atoms with Crippen LogP contribution in [-0.4, -0.2) is 60.9 Å². The van der Waals surface area contributed by atoms with Crippen molar-refractivity contribution in [1.82, 2.24) is 20.5 Å². The van der Waals surface area contributed by atoms with Gasteiger partial charge in [-0.2, -0.15) is 0 Å². The highest BCUT2D eigenvalue weighted by molar-refractivity contribution is 5.73. The van der Waals surface area contributed by atoms with Crippen molar-refractivity contribution in [2.45, 2.75) is 46.4 Å². The molecule has 1 aliphatic heterocycles. The summed E-state index contributed by atoms with van der Waals surface area (Å²) in [4.78, 5) is 18.8. The van der Waals surface area contributed by atoms with Gasteiger partial charge in [-0.3, -0.25) is 4.90 Å². The van der Waals surface area contributed by atoms with E-state index in [9.17, 15) is 4.79 Å². The number of nitrogens with one attached hydrogen (secondary N) is 2. The maximum absolute atomic E-state index is 12.1. The molecule has 1 atom stereocenters. The number of urea groups is 1.